The van der Waals surface area contributed by atoms with Crippen molar-refractivity contribution in [2.75, 3.05) is 5.32 Å². The highest BCUT2D eigenvalue weighted by atomic mass is 16.2. The zero-order chi connectivity index (χ0) is 20.3. The minimum Gasteiger partial charge on any atom is -0.336 e. The van der Waals surface area contributed by atoms with Gasteiger partial charge in [-0.15, -0.1) is 0 Å². The lowest BCUT2D eigenvalue weighted by Gasteiger charge is -2.13. The Morgan fingerprint density at radius 3 is 2.61 bits per heavy atom. The average Bonchev–Trinajstić information content (AvgIpc) is 2.67. The number of benzene rings is 2. The van der Waals surface area contributed by atoms with Crippen LogP contribution in [0.5, 0.6) is 0 Å². The van der Waals surface area contributed by atoms with Crippen molar-refractivity contribution < 1.29 is 9.59 Å². The fraction of sp³-hybridized carbons (Fsp3) is 0.143. The largest absolute Gasteiger partial charge is 0.336 e. The van der Waals surface area contributed by atoms with Crippen LogP contribution in [0.1, 0.15) is 16.7 Å². The fourth-order valence-electron chi connectivity index (χ4n) is 2.92. The lowest BCUT2D eigenvalue weighted by Crippen LogP contribution is -2.37. The van der Waals surface area contributed by atoms with Gasteiger partial charge in [0.15, 0.2) is 0 Å². The van der Waals surface area contributed by atoms with Gasteiger partial charge in [0.25, 0.3) is 0 Å². The molecule has 7 nitrogen and oxygen atoms in total. The highest BCUT2D eigenvalue weighted by Crippen LogP contribution is 2.17. The van der Waals surface area contributed by atoms with Crippen molar-refractivity contribution in [1.29, 1.82) is 5.26 Å². The van der Waals surface area contributed by atoms with Gasteiger partial charge in [-0.1, -0.05) is 24.3 Å². The van der Waals surface area contributed by atoms with Gasteiger partial charge in [0, 0.05) is 17.3 Å². The molecule has 0 saturated heterocycles. The first-order valence-electron chi connectivity index (χ1n) is 8.60. The molecule has 0 radical (unpaired) electrons. The molecule has 0 bridgehead atoms. The van der Waals surface area contributed by atoms with E-state index in [0.29, 0.717) is 16.6 Å². The van der Waals surface area contributed by atoms with Crippen LogP contribution in [0.25, 0.3) is 10.9 Å². The Kier molecular flexibility index (Phi) is 5.23. The van der Waals surface area contributed by atoms with Gasteiger partial charge in [-0.25, -0.2) is 4.79 Å². The molecule has 0 unspecified atom stereocenters. The first kappa shape index (κ1) is 18.9. The number of anilines is 1. The molecular formula is C21H18N4O3. The van der Waals surface area contributed by atoms with Crippen molar-refractivity contribution in [3.63, 3.8) is 0 Å². The number of hydrogen-bond donors (Lipinski definition) is 2. The van der Waals surface area contributed by atoms with E-state index in [1.165, 1.54) is 10.8 Å². The summed E-state index contributed by atoms with van der Waals surface area (Å²) in [5.41, 5.74) is 2.61. The number of pyridine rings is 1. The Hall–Kier alpha value is -3.92. The van der Waals surface area contributed by atoms with Gasteiger partial charge in [0.05, 0.1) is 5.52 Å². The third kappa shape index (κ3) is 3.76. The summed E-state index contributed by atoms with van der Waals surface area (Å²) in [6, 6.07) is 13.4. The Morgan fingerprint density at radius 1 is 1.11 bits per heavy atom. The molecule has 0 aliphatic carbocycles. The average molecular weight is 374 g/mol. The molecule has 28 heavy (non-hydrogen) atoms. The molecule has 1 heterocycles. The monoisotopic (exact) mass is 374 g/mol. The molecular weight excluding hydrogens is 356 g/mol. The number of amides is 3. The smallest absolute Gasteiger partial charge is 0.325 e. The van der Waals surface area contributed by atoms with E-state index in [0.717, 1.165) is 11.1 Å². The minimum absolute atomic E-state index is 0.0636. The van der Waals surface area contributed by atoms with Gasteiger partial charge in [-0.2, -0.15) is 5.26 Å². The Labute approximate surface area is 161 Å². The van der Waals surface area contributed by atoms with Crippen LogP contribution in [0.15, 0.2) is 53.5 Å². The van der Waals surface area contributed by atoms with E-state index in [2.05, 4.69) is 10.6 Å². The summed E-state index contributed by atoms with van der Waals surface area (Å²) in [5.74, 6) is -0.569. The zero-order valence-corrected chi connectivity index (χ0v) is 15.4. The number of nitriles is 1. The highest BCUT2D eigenvalue weighted by Gasteiger charge is 2.13. The summed E-state index contributed by atoms with van der Waals surface area (Å²) in [6.45, 7) is 3.59. The number of carbonyl (C=O) groups excluding carboxylic acids is 2. The Morgan fingerprint density at radius 2 is 1.86 bits per heavy atom. The zero-order valence-electron chi connectivity index (χ0n) is 15.4. The number of urea groups is 1. The molecule has 0 aliphatic rings. The van der Waals surface area contributed by atoms with Gasteiger partial charge in [0.1, 0.15) is 18.2 Å². The van der Waals surface area contributed by atoms with Gasteiger partial charge in [0.2, 0.25) is 11.3 Å². The third-order valence-corrected chi connectivity index (χ3v) is 4.53. The van der Waals surface area contributed by atoms with Gasteiger partial charge in [-0.05, 0) is 43.2 Å². The number of carbonyl (C=O) groups is 2. The summed E-state index contributed by atoms with van der Waals surface area (Å²) < 4.78 is 1.48. The molecule has 2 N–H and O–H groups in total. The van der Waals surface area contributed by atoms with Crippen molar-refractivity contribution >= 4 is 28.5 Å². The summed E-state index contributed by atoms with van der Waals surface area (Å²) >= 11 is 0. The van der Waals surface area contributed by atoms with Gasteiger partial charge >= 0.3 is 6.03 Å². The van der Waals surface area contributed by atoms with Crippen molar-refractivity contribution in [1.82, 2.24) is 9.88 Å². The number of aromatic nitrogens is 1. The molecule has 1 aromatic heterocycles. The first-order chi connectivity index (χ1) is 13.4. The number of aryl methyl sites for hydroxylation is 1. The van der Waals surface area contributed by atoms with Crippen LogP contribution < -0.4 is 16.1 Å². The number of fused-ring (bicyclic) bond motifs is 1. The maximum Gasteiger partial charge on any atom is 0.325 e. The Bertz CT molecular complexity index is 1190. The van der Waals surface area contributed by atoms with Crippen molar-refractivity contribution in [3.8, 4) is 6.07 Å². The predicted molar refractivity (Wildman–Crippen MR) is 106 cm³/mol. The van der Waals surface area contributed by atoms with Crippen molar-refractivity contribution in [3.05, 3.63) is 75.6 Å². The van der Waals surface area contributed by atoms with Gasteiger partial charge in [-0.3, -0.25) is 14.9 Å². The van der Waals surface area contributed by atoms with E-state index in [1.54, 1.807) is 30.3 Å². The van der Waals surface area contributed by atoms with Crippen molar-refractivity contribution in [2.45, 2.75) is 20.4 Å². The molecule has 3 aromatic rings. The molecule has 3 amide bonds. The summed E-state index contributed by atoms with van der Waals surface area (Å²) in [4.78, 5) is 36.7. The molecule has 140 valence electrons. The standard InChI is InChI=1S/C21H18N4O3/c1-13-6-5-8-17(14(13)2)23-21(28)24-19(26)12-25-11-15(10-22)20(27)16-7-3-4-9-18(16)25/h3-9,11H,12H2,1-2H3,(H2,23,24,26,28). The van der Waals surface area contributed by atoms with E-state index >= 15 is 0 Å². The summed E-state index contributed by atoms with van der Waals surface area (Å²) in [7, 11) is 0. The number of nitrogens with zero attached hydrogens (tertiary/aromatic N) is 2. The predicted octanol–water partition coefficient (Wildman–Crippen LogP) is 2.84. The van der Waals surface area contributed by atoms with Crippen LogP contribution in [0.2, 0.25) is 0 Å². The number of rotatable bonds is 3. The molecule has 3 rings (SSSR count). The summed E-state index contributed by atoms with van der Waals surface area (Å²) in [6.07, 6.45) is 1.33. The molecule has 2 aromatic carbocycles. The van der Waals surface area contributed by atoms with Crippen LogP contribution in [-0.4, -0.2) is 16.5 Å². The number of nitrogens with one attached hydrogen (secondary N) is 2. The van der Waals surface area contributed by atoms with Gasteiger partial charge < -0.3 is 9.88 Å². The van der Waals surface area contributed by atoms with Crippen molar-refractivity contribution in [2.24, 2.45) is 0 Å². The summed E-state index contributed by atoms with van der Waals surface area (Å²) in [5, 5.41) is 14.4. The van der Waals surface area contributed by atoms with Crippen LogP contribution >= 0.6 is 0 Å². The van der Waals surface area contributed by atoms with Crippen LogP contribution in [0.3, 0.4) is 0 Å². The highest BCUT2D eigenvalue weighted by molar-refractivity contribution is 6.01. The number of para-hydroxylation sites is 1. The van der Waals surface area contributed by atoms with E-state index in [-0.39, 0.29) is 17.5 Å². The van der Waals surface area contributed by atoms with E-state index in [1.807, 2.05) is 32.0 Å². The molecule has 0 saturated carbocycles. The van der Waals surface area contributed by atoms with E-state index in [9.17, 15) is 14.4 Å². The topological polar surface area (TPSA) is 104 Å². The molecule has 0 spiro atoms. The SMILES string of the molecule is Cc1cccc(NC(=O)NC(=O)Cn2cc(C#N)c(=O)c3ccccc32)c1C. The number of hydrogen-bond acceptors (Lipinski definition) is 4. The Balaban J connectivity index is 1.79. The second kappa shape index (κ2) is 7.76. The maximum atomic E-state index is 12.3. The van der Waals surface area contributed by atoms with Crippen LogP contribution in [0, 0.1) is 25.2 Å². The lowest BCUT2D eigenvalue weighted by molar-refractivity contribution is -0.120. The van der Waals surface area contributed by atoms with E-state index < -0.39 is 11.9 Å². The second-order valence-electron chi connectivity index (χ2n) is 6.38. The minimum atomic E-state index is -0.649. The second-order valence-corrected chi connectivity index (χ2v) is 6.38. The molecule has 0 atom stereocenters. The van der Waals surface area contributed by atoms with Crippen LogP contribution in [-0.2, 0) is 11.3 Å². The number of imide groups is 1. The third-order valence-electron chi connectivity index (χ3n) is 4.53. The van der Waals surface area contributed by atoms with E-state index in [4.69, 9.17) is 5.26 Å². The molecule has 0 fully saturated rings. The normalized spacial score (nSPS) is 10.3. The molecule has 0 aliphatic heterocycles. The van der Waals surface area contributed by atoms with Crippen LogP contribution in [0.4, 0.5) is 10.5 Å². The quantitative estimate of drug-likeness (QED) is 0.735. The molecule has 7 heteroatoms. The fourth-order valence-corrected chi connectivity index (χ4v) is 2.92. The lowest BCUT2D eigenvalue weighted by atomic mass is 10.1. The first-order valence-corrected chi connectivity index (χ1v) is 8.60. The maximum absolute atomic E-state index is 12.3.